The van der Waals surface area contributed by atoms with Crippen LogP contribution in [0.4, 0.5) is 0 Å². The van der Waals surface area contributed by atoms with E-state index in [0.29, 0.717) is 25.9 Å². The Labute approximate surface area is 108 Å². The first-order valence-corrected chi connectivity index (χ1v) is 6.99. The highest BCUT2D eigenvalue weighted by Gasteiger charge is 2.27. The summed E-state index contributed by atoms with van der Waals surface area (Å²) in [6.07, 6.45) is 5.28. The maximum Gasteiger partial charge on any atom is 0.224 e. The molecule has 2 aliphatic heterocycles. The summed E-state index contributed by atoms with van der Waals surface area (Å²) >= 11 is 0. The molecule has 2 fully saturated rings. The summed E-state index contributed by atoms with van der Waals surface area (Å²) in [5, 5.41) is 0. The van der Waals surface area contributed by atoms with Gasteiger partial charge in [0.05, 0.1) is 0 Å². The molecule has 2 saturated heterocycles. The fourth-order valence-corrected chi connectivity index (χ4v) is 2.89. The molecule has 102 valence electrons. The first-order chi connectivity index (χ1) is 8.72. The van der Waals surface area contributed by atoms with Crippen LogP contribution in [0.15, 0.2) is 0 Å². The second-order valence-corrected chi connectivity index (χ2v) is 5.21. The van der Waals surface area contributed by atoms with Crippen LogP contribution in [0.25, 0.3) is 0 Å². The molecule has 2 rings (SSSR count). The van der Waals surface area contributed by atoms with E-state index in [1.54, 1.807) is 4.90 Å². The van der Waals surface area contributed by atoms with Crippen LogP contribution in [-0.2, 0) is 9.59 Å². The molecule has 2 amide bonds. The van der Waals surface area contributed by atoms with Crippen LogP contribution in [0.3, 0.4) is 0 Å². The predicted molar refractivity (Wildman–Crippen MR) is 68.8 cm³/mol. The molecule has 0 radical (unpaired) electrons. The van der Waals surface area contributed by atoms with Crippen molar-refractivity contribution in [3.05, 3.63) is 0 Å². The van der Waals surface area contributed by atoms with Crippen LogP contribution >= 0.6 is 0 Å². The Kier molecular flexibility index (Phi) is 4.58. The van der Waals surface area contributed by atoms with Crippen LogP contribution in [0.5, 0.6) is 0 Å². The second-order valence-electron chi connectivity index (χ2n) is 5.21. The molecule has 0 spiro atoms. The Morgan fingerprint density at radius 3 is 2.78 bits per heavy atom. The SMILES string of the molecule is NC[C@@H]1CCCCN1C(=O)CCN1CCCC1=O. The van der Waals surface area contributed by atoms with Crippen LogP contribution in [-0.4, -0.2) is 53.8 Å². The molecular formula is C13H23N3O2. The lowest BCUT2D eigenvalue weighted by Gasteiger charge is -2.35. The molecule has 0 aromatic carbocycles. The number of rotatable bonds is 4. The van der Waals surface area contributed by atoms with Gasteiger partial charge in [0, 0.05) is 45.1 Å². The van der Waals surface area contributed by atoms with Gasteiger partial charge >= 0.3 is 0 Å². The van der Waals surface area contributed by atoms with E-state index < -0.39 is 0 Å². The molecular weight excluding hydrogens is 230 g/mol. The monoisotopic (exact) mass is 253 g/mol. The zero-order valence-corrected chi connectivity index (χ0v) is 10.9. The summed E-state index contributed by atoms with van der Waals surface area (Å²) in [6.45, 7) is 2.76. The Balaban J connectivity index is 1.81. The average molecular weight is 253 g/mol. The van der Waals surface area contributed by atoms with Crippen LogP contribution in [0.1, 0.15) is 38.5 Å². The number of carbonyl (C=O) groups is 2. The average Bonchev–Trinajstić information content (AvgIpc) is 2.81. The minimum atomic E-state index is 0.157. The first kappa shape index (κ1) is 13.3. The summed E-state index contributed by atoms with van der Waals surface area (Å²) in [6, 6.07) is 0.209. The van der Waals surface area contributed by atoms with Crippen molar-refractivity contribution >= 4 is 11.8 Å². The predicted octanol–water partition coefficient (Wildman–Crippen LogP) is 0.339. The summed E-state index contributed by atoms with van der Waals surface area (Å²) < 4.78 is 0. The van der Waals surface area contributed by atoms with E-state index in [1.165, 1.54) is 0 Å². The van der Waals surface area contributed by atoms with E-state index in [1.807, 2.05) is 4.90 Å². The highest BCUT2D eigenvalue weighted by atomic mass is 16.2. The molecule has 0 saturated carbocycles. The standard InChI is InChI=1S/C13H23N3O2/c14-10-11-4-1-2-8-16(11)13(18)6-9-15-7-3-5-12(15)17/h11H,1-10,14H2/t11-/m0/s1. The van der Waals surface area contributed by atoms with Gasteiger partial charge in [-0.05, 0) is 25.7 Å². The maximum absolute atomic E-state index is 12.2. The van der Waals surface area contributed by atoms with Gasteiger partial charge in [0.15, 0.2) is 0 Å². The van der Waals surface area contributed by atoms with E-state index in [9.17, 15) is 9.59 Å². The maximum atomic E-state index is 12.2. The summed E-state index contributed by atoms with van der Waals surface area (Å²) in [5.41, 5.74) is 5.71. The van der Waals surface area contributed by atoms with E-state index in [2.05, 4.69) is 0 Å². The zero-order chi connectivity index (χ0) is 13.0. The second kappa shape index (κ2) is 6.18. The Bertz CT molecular complexity index is 319. The molecule has 2 aliphatic rings. The number of hydrogen-bond acceptors (Lipinski definition) is 3. The number of nitrogens with two attached hydrogens (primary N) is 1. The van der Waals surface area contributed by atoms with E-state index in [4.69, 9.17) is 5.73 Å². The molecule has 2 N–H and O–H groups in total. The van der Waals surface area contributed by atoms with Gasteiger partial charge in [0.1, 0.15) is 0 Å². The van der Waals surface area contributed by atoms with Crippen molar-refractivity contribution in [2.24, 2.45) is 5.73 Å². The molecule has 0 aromatic heterocycles. The molecule has 0 aliphatic carbocycles. The van der Waals surface area contributed by atoms with Crippen molar-refractivity contribution in [2.75, 3.05) is 26.2 Å². The smallest absolute Gasteiger partial charge is 0.224 e. The molecule has 2 heterocycles. The van der Waals surface area contributed by atoms with Gasteiger partial charge in [0.2, 0.25) is 11.8 Å². The van der Waals surface area contributed by atoms with Crippen molar-refractivity contribution in [2.45, 2.75) is 44.6 Å². The normalized spacial score (nSPS) is 24.7. The number of amides is 2. The summed E-state index contributed by atoms with van der Waals surface area (Å²) in [5.74, 6) is 0.349. The third-order valence-corrected chi connectivity index (χ3v) is 3.99. The third-order valence-electron chi connectivity index (χ3n) is 3.99. The lowest BCUT2D eigenvalue weighted by Crippen LogP contribution is -2.48. The van der Waals surface area contributed by atoms with Crippen molar-refractivity contribution in [1.82, 2.24) is 9.80 Å². The highest BCUT2D eigenvalue weighted by Crippen LogP contribution is 2.18. The summed E-state index contributed by atoms with van der Waals surface area (Å²) in [7, 11) is 0. The number of carbonyl (C=O) groups excluding carboxylic acids is 2. The highest BCUT2D eigenvalue weighted by molar-refractivity contribution is 5.80. The van der Waals surface area contributed by atoms with Crippen molar-refractivity contribution in [3.8, 4) is 0 Å². The number of nitrogens with zero attached hydrogens (tertiary/aromatic N) is 2. The minimum absolute atomic E-state index is 0.157. The topological polar surface area (TPSA) is 66.6 Å². The largest absolute Gasteiger partial charge is 0.342 e. The number of likely N-dealkylation sites (tertiary alicyclic amines) is 2. The van der Waals surface area contributed by atoms with Gasteiger partial charge in [-0.15, -0.1) is 0 Å². The Morgan fingerprint density at radius 1 is 1.28 bits per heavy atom. The minimum Gasteiger partial charge on any atom is -0.342 e. The Hall–Kier alpha value is -1.10. The fraction of sp³-hybridized carbons (Fsp3) is 0.846. The van der Waals surface area contributed by atoms with Gasteiger partial charge in [-0.2, -0.15) is 0 Å². The molecule has 5 heteroatoms. The zero-order valence-electron chi connectivity index (χ0n) is 10.9. The molecule has 0 aromatic rings. The third kappa shape index (κ3) is 3.02. The number of hydrogen-bond donors (Lipinski definition) is 1. The van der Waals surface area contributed by atoms with Crippen molar-refractivity contribution in [3.63, 3.8) is 0 Å². The van der Waals surface area contributed by atoms with Crippen molar-refractivity contribution < 1.29 is 9.59 Å². The lowest BCUT2D eigenvalue weighted by atomic mass is 10.0. The molecule has 5 nitrogen and oxygen atoms in total. The summed E-state index contributed by atoms with van der Waals surface area (Å²) in [4.78, 5) is 27.4. The van der Waals surface area contributed by atoms with E-state index in [-0.39, 0.29) is 17.9 Å². The van der Waals surface area contributed by atoms with Crippen molar-refractivity contribution in [1.29, 1.82) is 0 Å². The van der Waals surface area contributed by atoms with Crippen LogP contribution < -0.4 is 5.73 Å². The van der Waals surface area contributed by atoms with Gasteiger partial charge < -0.3 is 15.5 Å². The first-order valence-electron chi connectivity index (χ1n) is 6.99. The van der Waals surface area contributed by atoms with E-state index >= 15 is 0 Å². The molecule has 18 heavy (non-hydrogen) atoms. The van der Waals surface area contributed by atoms with Crippen LogP contribution in [0.2, 0.25) is 0 Å². The van der Waals surface area contributed by atoms with Gasteiger partial charge in [-0.25, -0.2) is 0 Å². The van der Waals surface area contributed by atoms with Gasteiger partial charge in [-0.1, -0.05) is 0 Å². The fourth-order valence-electron chi connectivity index (χ4n) is 2.89. The van der Waals surface area contributed by atoms with Gasteiger partial charge in [0.25, 0.3) is 0 Å². The van der Waals surface area contributed by atoms with E-state index in [0.717, 1.165) is 38.8 Å². The van der Waals surface area contributed by atoms with Crippen LogP contribution in [0, 0.1) is 0 Å². The van der Waals surface area contributed by atoms with Gasteiger partial charge in [-0.3, -0.25) is 9.59 Å². The molecule has 1 atom stereocenters. The molecule has 0 bridgehead atoms. The molecule has 0 unspecified atom stereocenters. The Morgan fingerprint density at radius 2 is 2.11 bits per heavy atom. The quantitative estimate of drug-likeness (QED) is 0.785. The number of piperidine rings is 1. The lowest BCUT2D eigenvalue weighted by molar-refractivity contribution is -0.135.